The molecule has 0 aliphatic carbocycles. The Morgan fingerprint density at radius 1 is 1.25 bits per heavy atom. The SMILES string of the molecule is O=[N+]([O-])c1ccc(F)c(F)c1NCc1cccc(O)c1. The molecular formula is C13H10F2N2O3. The lowest BCUT2D eigenvalue weighted by molar-refractivity contribution is -0.384. The Morgan fingerprint density at radius 3 is 2.65 bits per heavy atom. The highest BCUT2D eigenvalue weighted by molar-refractivity contribution is 5.62. The molecule has 20 heavy (non-hydrogen) atoms. The molecule has 104 valence electrons. The van der Waals surface area contributed by atoms with E-state index in [0.29, 0.717) is 11.6 Å². The van der Waals surface area contributed by atoms with Gasteiger partial charge in [-0.05, 0) is 23.8 Å². The lowest BCUT2D eigenvalue weighted by atomic mass is 10.2. The highest BCUT2D eigenvalue weighted by Crippen LogP contribution is 2.29. The molecule has 2 aromatic carbocycles. The molecule has 0 fully saturated rings. The van der Waals surface area contributed by atoms with Crippen LogP contribution >= 0.6 is 0 Å². The molecule has 0 saturated heterocycles. The second-order valence-electron chi connectivity index (χ2n) is 4.04. The normalized spacial score (nSPS) is 10.3. The van der Waals surface area contributed by atoms with E-state index in [1.165, 1.54) is 12.1 Å². The molecule has 2 N–H and O–H groups in total. The van der Waals surface area contributed by atoms with E-state index in [9.17, 15) is 24.0 Å². The monoisotopic (exact) mass is 280 g/mol. The topological polar surface area (TPSA) is 75.4 Å². The van der Waals surface area contributed by atoms with Crippen LogP contribution in [0, 0.1) is 21.7 Å². The number of halogens is 2. The summed E-state index contributed by atoms with van der Waals surface area (Å²) in [5.41, 5.74) is -0.495. The summed E-state index contributed by atoms with van der Waals surface area (Å²) in [7, 11) is 0. The van der Waals surface area contributed by atoms with E-state index in [0.717, 1.165) is 6.07 Å². The van der Waals surface area contributed by atoms with Crippen molar-refractivity contribution in [2.75, 3.05) is 5.32 Å². The summed E-state index contributed by atoms with van der Waals surface area (Å²) >= 11 is 0. The van der Waals surface area contributed by atoms with Crippen LogP contribution in [0.5, 0.6) is 5.75 Å². The van der Waals surface area contributed by atoms with Crippen molar-refractivity contribution >= 4 is 11.4 Å². The molecule has 0 bridgehead atoms. The molecule has 0 radical (unpaired) electrons. The number of hydrogen-bond acceptors (Lipinski definition) is 4. The molecule has 0 spiro atoms. The fourth-order valence-electron chi connectivity index (χ4n) is 1.72. The van der Waals surface area contributed by atoms with Crippen LogP contribution in [0.25, 0.3) is 0 Å². The zero-order valence-electron chi connectivity index (χ0n) is 10.1. The number of anilines is 1. The molecule has 2 rings (SSSR count). The molecule has 0 amide bonds. The second kappa shape index (κ2) is 5.52. The van der Waals surface area contributed by atoms with E-state index in [2.05, 4.69) is 5.32 Å². The van der Waals surface area contributed by atoms with Gasteiger partial charge in [-0.25, -0.2) is 8.78 Å². The van der Waals surface area contributed by atoms with Crippen molar-refractivity contribution < 1.29 is 18.8 Å². The Hall–Kier alpha value is -2.70. The first-order valence-electron chi connectivity index (χ1n) is 5.63. The Balaban J connectivity index is 2.29. The average Bonchev–Trinajstić information content (AvgIpc) is 2.40. The molecule has 7 heteroatoms. The van der Waals surface area contributed by atoms with Crippen LogP contribution in [0.15, 0.2) is 36.4 Å². The van der Waals surface area contributed by atoms with Gasteiger partial charge in [0.1, 0.15) is 5.75 Å². The maximum Gasteiger partial charge on any atom is 0.295 e. The summed E-state index contributed by atoms with van der Waals surface area (Å²) in [5, 5.41) is 22.5. The molecule has 0 atom stereocenters. The summed E-state index contributed by atoms with van der Waals surface area (Å²) in [6, 6.07) is 7.67. The predicted octanol–water partition coefficient (Wildman–Crippen LogP) is 3.19. The first-order valence-corrected chi connectivity index (χ1v) is 5.63. The van der Waals surface area contributed by atoms with Crippen LogP contribution in [0.3, 0.4) is 0 Å². The summed E-state index contributed by atoms with van der Waals surface area (Å²) < 4.78 is 26.7. The van der Waals surface area contributed by atoms with Gasteiger partial charge in [0.05, 0.1) is 4.92 Å². The van der Waals surface area contributed by atoms with Gasteiger partial charge in [0, 0.05) is 12.6 Å². The molecule has 0 unspecified atom stereocenters. The standard InChI is InChI=1S/C13H10F2N2O3/c14-10-4-5-11(17(19)20)13(12(10)15)16-7-8-2-1-3-9(18)6-8/h1-6,16,18H,7H2. The first-order chi connectivity index (χ1) is 9.49. The molecule has 0 aromatic heterocycles. The fourth-order valence-corrected chi connectivity index (χ4v) is 1.72. The molecule has 0 heterocycles. The minimum atomic E-state index is -1.31. The van der Waals surface area contributed by atoms with Crippen molar-refractivity contribution in [3.05, 3.63) is 63.7 Å². The first kappa shape index (κ1) is 13.7. The van der Waals surface area contributed by atoms with Gasteiger partial charge in [0.2, 0.25) is 0 Å². The number of benzene rings is 2. The molecule has 0 aliphatic rings. The van der Waals surface area contributed by atoms with Gasteiger partial charge in [0.15, 0.2) is 17.3 Å². The number of nitrogens with one attached hydrogen (secondary N) is 1. The molecule has 5 nitrogen and oxygen atoms in total. The van der Waals surface area contributed by atoms with Gasteiger partial charge in [-0.2, -0.15) is 0 Å². The summed E-state index contributed by atoms with van der Waals surface area (Å²) in [4.78, 5) is 9.99. The zero-order chi connectivity index (χ0) is 14.7. The van der Waals surface area contributed by atoms with Crippen LogP contribution in [0.1, 0.15) is 5.56 Å². The van der Waals surface area contributed by atoms with Crippen LogP contribution in [0.2, 0.25) is 0 Å². The van der Waals surface area contributed by atoms with E-state index in [4.69, 9.17) is 0 Å². The van der Waals surface area contributed by atoms with Crippen LogP contribution in [0.4, 0.5) is 20.2 Å². The Morgan fingerprint density at radius 2 is 2.00 bits per heavy atom. The van der Waals surface area contributed by atoms with E-state index in [-0.39, 0.29) is 12.3 Å². The second-order valence-corrected chi connectivity index (χ2v) is 4.04. The van der Waals surface area contributed by atoms with Gasteiger partial charge in [-0.3, -0.25) is 10.1 Å². The van der Waals surface area contributed by atoms with Gasteiger partial charge >= 0.3 is 0 Å². The van der Waals surface area contributed by atoms with Gasteiger partial charge < -0.3 is 10.4 Å². The third kappa shape index (κ3) is 2.82. The third-order valence-electron chi connectivity index (χ3n) is 2.65. The van der Waals surface area contributed by atoms with Crippen molar-refractivity contribution in [1.29, 1.82) is 0 Å². The van der Waals surface area contributed by atoms with E-state index >= 15 is 0 Å². The summed E-state index contributed by atoms with van der Waals surface area (Å²) in [6.45, 7) is 0.00954. The number of rotatable bonds is 4. The van der Waals surface area contributed by atoms with Gasteiger partial charge in [-0.1, -0.05) is 12.1 Å². The predicted molar refractivity (Wildman–Crippen MR) is 68.4 cm³/mol. The number of hydrogen-bond donors (Lipinski definition) is 2. The van der Waals surface area contributed by atoms with E-state index in [1.54, 1.807) is 12.1 Å². The van der Waals surface area contributed by atoms with Crippen molar-refractivity contribution in [3.63, 3.8) is 0 Å². The van der Waals surface area contributed by atoms with Gasteiger partial charge in [-0.15, -0.1) is 0 Å². The van der Waals surface area contributed by atoms with Crippen molar-refractivity contribution in [1.82, 2.24) is 0 Å². The molecule has 2 aromatic rings. The summed E-state index contributed by atoms with van der Waals surface area (Å²) in [5.74, 6) is -2.47. The highest BCUT2D eigenvalue weighted by atomic mass is 19.2. The number of phenolic OH excluding ortho intramolecular Hbond substituents is 1. The van der Waals surface area contributed by atoms with Gasteiger partial charge in [0.25, 0.3) is 5.69 Å². The van der Waals surface area contributed by atoms with Crippen molar-refractivity contribution in [2.45, 2.75) is 6.54 Å². The van der Waals surface area contributed by atoms with Crippen LogP contribution in [-0.2, 0) is 6.54 Å². The minimum Gasteiger partial charge on any atom is -0.508 e. The largest absolute Gasteiger partial charge is 0.508 e. The Bertz CT molecular complexity index is 662. The number of nitro benzene ring substituents is 1. The maximum absolute atomic E-state index is 13.6. The minimum absolute atomic E-state index is 0.00954. The average molecular weight is 280 g/mol. The van der Waals surface area contributed by atoms with E-state index in [1.807, 2.05) is 0 Å². The van der Waals surface area contributed by atoms with E-state index < -0.39 is 27.9 Å². The maximum atomic E-state index is 13.6. The molecule has 0 saturated carbocycles. The lowest BCUT2D eigenvalue weighted by Crippen LogP contribution is -2.06. The summed E-state index contributed by atoms with van der Waals surface area (Å²) in [6.07, 6.45) is 0. The Kier molecular flexibility index (Phi) is 3.79. The lowest BCUT2D eigenvalue weighted by Gasteiger charge is -2.09. The highest BCUT2D eigenvalue weighted by Gasteiger charge is 2.21. The smallest absolute Gasteiger partial charge is 0.295 e. The number of phenols is 1. The quantitative estimate of drug-likeness (QED) is 0.666. The van der Waals surface area contributed by atoms with Crippen LogP contribution in [-0.4, -0.2) is 10.0 Å². The zero-order valence-corrected chi connectivity index (χ0v) is 10.1. The Labute approximate surface area is 112 Å². The molecular weight excluding hydrogens is 270 g/mol. The van der Waals surface area contributed by atoms with Crippen molar-refractivity contribution in [3.8, 4) is 5.75 Å². The number of nitrogens with zero attached hydrogens (tertiary/aromatic N) is 1. The third-order valence-corrected chi connectivity index (χ3v) is 2.65. The van der Waals surface area contributed by atoms with Crippen LogP contribution < -0.4 is 5.32 Å². The number of nitro groups is 1. The molecule has 0 aliphatic heterocycles. The number of aromatic hydroxyl groups is 1. The van der Waals surface area contributed by atoms with Crippen molar-refractivity contribution in [2.24, 2.45) is 0 Å². The fraction of sp³-hybridized carbons (Fsp3) is 0.0769.